The maximum absolute atomic E-state index is 12.3. The number of nitrogens with one attached hydrogen (secondary N) is 1. The lowest BCUT2D eigenvalue weighted by Crippen LogP contribution is -2.24. The van der Waals surface area contributed by atoms with Gasteiger partial charge in [0.25, 0.3) is 5.91 Å². The Bertz CT molecular complexity index is 1150. The summed E-state index contributed by atoms with van der Waals surface area (Å²) in [7, 11) is 0. The van der Waals surface area contributed by atoms with Gasteiger partial charge in [-0.15, -0.1) is 0 Å². The number of nitrogens with zero attached hydrogens (tertiary/aromatic N) is 4. The molecule has 30 heavy (non-hydrogen) atoms. The summed E-state index contributed by atoms with van der Waals surface area (Å²) in [5, 5.41) is 6.64. The number of hydrogen-bond donors (Lipinski definition) is 1. The topological polar surface area (TPSA) is 94.5 Å². The number of benzene rings is 1. The summed E-state index contributed by atoms with van der Waals surface area (Å²) in [5.41, 5.74) is 3.48. The Kier molecular flexibility index (Phi) is 5.74. The zero-order valence-electron chi connectivity index (χ0n) is 17.0. The molecule has 1 N–H and O–H groups in total. The number of rotatable bonds is 8. The van der Waals surface area contributed by atoms with Crippen molar-refractivity contribution in [2.45, 2.75) is 33.3 Å². The lowest BCUT2D eigenvalue weighted by Gasteiger charge is -2.07. The highest BCUT2D eigenvalue weighted by Crippen LogP contribution is 2.15. The van der Waals surface area contributed by atoms with Gasteiger partial charge in [0, 0.05) is 30.9 Å². The summed E-state index contributed by atoms with van der Waals surface area (Å²) in [6, 6.07) is 11.1. The average molecular weight is 405 g/mol. The standard InChI is InChI=1S/C22H23N5O3/c1-15-5-4-12-27-13-18(25-21(15)27)14-29-19-9-7-17(8-10-19)22(28)23-11-3-6-20-24-16(2)26-30-20/h4-5,7-10,12-13H,3,6,11,14H2,1-2H3,(H,23,28). The normalized spacial score (nSPS) is 11.0. The van der Waals surface area contributed by atoms with E-state index in [0.29, 0.717) is 42.6 Å². The lowest BCUT2D eigenvalue weighted by molar-refractivity contribution is 0.0953. The summed E-state index contributed by atoms with van der Waals surface area (Å²) in [4.78, 5) is 21.0. The second kappa shape index (κ2) is 8.77. The molecule has 0 radical (unpaired) electrons. The minimum atomic E-state index is -0.126. The molecule has 0 aliphatic carbocycles. The minimum Gasteiger partial charge on any atom is -0.487 e. The Balaban J connectivity index is 1.25. The van der Waals surface area contributed by atoms with Crippen LogP contribution >= 0.6 is 0 Å². The number of amides is 1. The van der Waals surface area contributed by atoms with Crippen LogP contribution in [0.1, 0.15) is 39.8 Å². The molecule has 0 unspecified atom stereocenters. The predicted octanol–water partition coefficient (Wildman–Crippen LogP) is 3.28. The molecule has 4 rings (SSSR count). The third kappa shape index (κ3) is 4.65. The van der Waals surface area contributed by atoms with Gasteiger partial charge in [0.05, 0.1) is 5.69 Å². The zero-order chi connectivity index (χ0) is 20.9. The van der Waals surface area contributed by atoms with Crippen molar-refractivity contribution in [1.82, 2.24) is 24.8 Å². The Labute approximate surface area is 173 Å². The Morgan fingerprint density at radius 2 is 2.00 bits per heavy atom. The second-order valence-corrected chi connectivity index (χ2v) is 7.06. The molecule has 8 nitrogen and oxygen atoms in total. The monoisotopic (exact) mass is 405 g/mol. The van der Waals surface area contributed by atoms with Crippen LogP contribution in [-0.4, -0.2) is 32.0 Å². The van der Waals surface area contributed by atoms with Gasteiger partial charge in [-0.05, 0) is 56.2 Å². The van der Waals surface area contributed by atoms with Crippen molar-refractivity contribution < 1.29 is 14.1 Å². The summed E-state index contributed by atoms with van der Waals surface area (Å²) in [6.45, 7) is 4.71. The fraction of sp³-hybridized carbons (Fsp3) is 0.273. The highest BCUT2D eigenvalue weighted by atomic mass is 16.5. The van der Waals surface area contributed by atoms with Gasteiger partial charge >= 0.3 is 0 Å². The van der Waals surface area contributed by atoms with Crippen LogP contribution in [0, 0.1) is 13.8 Å². The third-order valence-electron chi connectivity index (χ3n) is 4.65. The van der Waals surface area contributed by atoms with Gasteiger partial charge in [0.2, 0.25) is 5.89 Å². The van der Waals surface area contributed by atoms with Crippen LogP contribution in [0.25, 0.3) is 5.65 Å². The Morgan fingerprint density at radius 3 is 2.73 bits per heavy atom. The molecule has 4 aromatic rings. The molecule has 0 fully saturated rings. The van der Waals surface area contributed by atoms with Crippen LogP contribution < -0.4 is 10.1 Å². The number of pyridine rings is 1. The van der Waals surface area contributed by atoms with Crippen LogP contribution in [-0.2, 0) is 13.0 Å². The third-order valence-corrected chi connectivity index (χ3v) is 4.65. The predicted molar refractivity (Wildman–Crippen MR) is 110 cm³/mol. The summed E-state index contributed by atoms with van der Waals surface area (Å²) in [5.74, 6) is 1.77. The van der Waals surface area contributed by atoms with Gasteiger partial charge in [0.1, 0.15) is 18.0 Å². The fourth-order valence-corrected chi connectivity index (χ4v) is 3.12. The molecule has 3 aromatic heterocycles. The number of carbonyl (C=O) groups is 1. The van der Waals surface area contributed by atoms with Crippen LogP contribution in [0.3, 0.4) is 0 Å². The fourth-order valence-electron chi connectivity index (χ4n) is 3.12. The van der Waals surface area contributed by atoms with Gasteiger partial charge in [-0.3, -0.25) is 4.79 Å². The van der Waals surface area contributed by atoms with E-state index in [-0.39, 0.29) is 5.91 Å². The highest BCUT2D eigenvalue weighted by molar-refractivity contribution is 5.94. The number of fused-ring (bicyclic) bond motifs is 1. The van der Waals surface area contributed by atoms with Gasteiger partial charge in [-0.1, -0.05) is 11.2 Å². The first-order valence-corrected chi connectivity index (χ1v) is 9.82. The van der Waals surface area contributed by atoms with Gasteiger partial charge in [-0.2, -0.15) is 4.98 Å². The van der Waals surface area contributed by atoms with Gasteiger partial charge in [-0.25, -0.2) is 4.98 Å². The quantitative estimate of drug-likeness (QED) is 0.452. The number of aryl methyl sites for hydroxylation is 3. The Morgan fingerprint density at radius 1 is 1.17 bits per heavy atom. The maximum Gasteiger partial charge on any atom is 0.251 e. The van der Waals surface area contributed by atoms with E-state index in [1.54, 1.807) is 31.2 Å². The van der Waals surface area contributed by atoms with Crippen molar-refractivity contribution in [3.63, 3.8) is 0 Å². The molecule has 154 valence electrons. The molecule has 0 saturated heterocycles. The molecule has 1 amide bonds. The zero-order valence-corrected chi connectivity index (χ0v) is 17.0. The van der Waals surface area contributed by atoms with Crippen LogP contribution in [0.15, 0.2) is 53.3 Å². The molecular weight excluding hydrogens is 382 g/mol. The number of hydrogen-bond acceptors (Lipinski definition) is 6. The van der Waals surface area contributed by atoms with Crippen molar-refractivity contribution >= 4 is 11.6 Å². The first kappa shape index (κ1) is 19.6. The molecule has 0 spiro atoms. The molecule has 0 atom stereocenters. The number of carbonyl (C=O) groups excluding carboxylic acids is 1. The van der Waals surface area contributed by atoms with Crippen molar-refractivity contribution in [1.29, 1.82) is 0 Å². The number of ether oxygens (including phenoxy) is 1. The van der Waals surface area contributed by atoms with E-state index in [2.05, 4.69) is 20.4 Å². The van der Waals surface area contributed by atoms with E-state index in [0.717, 1.165) is 23.3 Å². The largest absolute Gasteiger partial charge is 0.487 e. The molecule has 0 bridgehead atoms. The molecular formula is C22H23N5O3. The summed E-state index contributed by atoms with van der Waals surface area (Å²) in [6.07, 6.45) is 5.29. The molecule has 8 heteroatoms. The van der Waals surface area contributed by atoms with E-state index in [4.69, 9.17) is 9.26 Å². The average Bonchev–Trinajstić information content (AvgIpc) is 3.36. The maximum atomic E-state index is 12.3. The second-order valence-electron chi connectivity index (χ2n) is 7.06. The molecule has 1 aromatic carbocycles. The minimum absolute atomic E-state index is 0.126. The van der Waals surface area contributed by atoms with Crippen molar-refractivity contribution in [3.05, 3.63) is 77.3 Å². The smallest absolute Gasteiger partial charge is 0.251 e. The lowest BCUT2D eigenvalue weighted by atomic mass is 10.2. The van der Waals surface area contributed by atoms with Crippen LogP contribution in [0.2, 0.25) is 0 Å². The number of imidazole rings is 1. The van der Waals surface area contributed by atoms with Gasteiger partial charge < -0.3 is 19.0 Å². The van der Waals surface area contributed by atoms with Gasteiger partial charge in [0.15, 0.2) is 5.82 Å². The van der Waals surface area contributed by atoms with Crippen molar-refractivity contribution in [2.75, 3.05) is 6.54 Å². The summed E-state index contributed by atoms with van der Waals surface area (Å²) < 4.78 is 12.9. The van der Waals surface area contributed by atoms with E-state index in [9.17, 15) is 4.79 Å². The van der Waals surface area contributed by atoms with Crippen molar-refractivity contribution in [3.8, 4) is 5.75 Å². The number of aromatic nitrogens is 4. The van der Waals surface area contributed by atoms with E-state index in [1.807, 2.05) is 35.9 Å². The van der Waals surface area contributed by atoms with E-state index < -0.39 is 0 Å². The first-order valence-electron chi connectivity index (χ1n) is 9.82. The molecule has 0 saturated carbocycles. The molecule has 3 heterocycles. The first-order chi connectivity index (χ1) is 14.6. The molecule has 0 aliphatic heterocycles. The van der Waals surface area contributed by atoms with Crippen molar-refractivity contribution in [2.24, 2.45) is 0 Å². The Hall–Kier alpha value is -3.68. The van der Waals surface area contributed by atoms with E-state index in [1.165, 1.54) is 0 Å². The highest BCUT2D eigenvalue weighted by Gasteiger charge is 2.08. The van der Waals surface area contributed by atoms with Crippen LogP contribution in [0.5, 0.6) is 5.75 Å². The van der Waals surface area contributed by atoms with E-state index >= 15 is 0 Å². The molecule has 0 aliphatic rings. The summed E-state index contributed by atoms with van der Waals surface area (Å²) >= 11 is 0. The van der Waals surface area contributed by atoms with Crippen LogP contribution in [0.4, 0.5) is 0 Å². The SMILES string of the molecule is Cc1noc(CCCNC(=O)c2ccc(OCc3cn4cccc(C)c4n3)cc2)n1.